The topological polar surface area (TPSA) is 61.8 Å². The fraction of sp³-hybridized carbons (Fsp3) is 0.455. The number of nitrogens with zero attached hydrogens (tertiary/aromatic N) is 3. The molecule has 0 spiro atoms. The Balaban J connectivity index is 0.00000300. The lowest BCUT2D eigenvalue weighted by atomic mass is 10.2. The van der Waals surface area contributed by atoms with Crippen LogP contribution >= 0.6 is 24.0 Å². The SMILES string of the molecule is CCCCOc1ncccc1CNC(=NC)NC1CCN(c2ccccc2)C1.I. The molecule has 0 saturated carbocycles. The second-order valence-corrected chi connectivity index (χ2v) is 7.01. The van der Waals surface area contributed by atoms with E-state index >= 15 is 0 Å². The first-order valence-electron chi connectivity index (χ1n) is 10.1. The number of benzene rings is 1. The van der Waals surface area contributed by atoms with Gasteiger partial charge < -0.3 is 20.3 Å². The zero-order valence-electron chi connectivity index (χ0n) is 17.3. The molecular weight excluding hydrogens is 477 g/mol. The highest BCUT2D eigenvalue weighted by atomic mass is 127. The third-order valence-electron chi connectivity index (χ3n) is 4.91. The van der Waals surface area contributed by atoms with Crippen LogP contribution in [-0.2, 0) is 6.54 Å². The number of para-hydroxylation sites is 1. The Labute approximate surface area is 191 Å². The van der Waals surface area contributed by atoms with Crippen LogP contribution in [0.25, 0.3) is 0 Å². The van der Waals surface area contributed by atoms with Crippen molar-refractivity contribution < 1.29 is 4.74 Å². The highest BCUT2D eigenvalue weighted by Gasteiger charge is 2.23. The summed E-state index contributed by atoms with van der Waals surface area (Å²) in [6.07, 6.45) is 5.01. The number of unbranched alkanes of at least 4 members (excludes halogenated alkanes) is 1. The number of nitrogens with one attached hydrogen (secondary N) is 2. The molecule has 6 nitrogen and oxygen atoms in total. The number of aromatic nitrogens is 1. The fourth-order valence-corrected chi connectivity index (χ4v) is 3.32. The normalized spacial score (nSPS) is 16.3. The molecule has 7 heteroatoms. The molecule has 3 rings (SSSR count). The predicted molar refractivity (Wildman–Crippen MR) is 130 cm³/mol. The van der Waals surface area contributed by atoms with Gasteiger partial charge in [-0.25, -0.2) is 4.98 Å². The van der Waals surface area contributed by atoms with Crippen molar-refractivity contribution >= 4 is 35.6 Å². The highest BCUT2D eigenvalue weighted by Crippen LogP contribution is 2.19. The van der Waals surface area contributed by atoms with E-state index in [1.54, 1.807) is 13.2 Å². The minimum Gasteiger partial charge on any atom is -0.477 e. The Hall–Kier alpha value is -2.03. The molecule has 1 unspecified atom stereocenters. The molecule has 1 saturated heterocycles. The van der Waals surface area contributed by atoms with Crippen molar-refractivity contribution in [2.24, 2.45) is 4.99 Å². The molecule has 1 aromatic heterocycles. The first-order chi connectivity index (χ1) is 13.8. The minimum atomic E-state index is 0. The van der Waals surface area contributed by atoms with E-state index in [1.807, 2.05) is 12.1 Å². The van der Waals surface area contributed by atoms with E-state index in [0.717, 1.165) is 43.9 Å². The summed E-state index contributed by atoms with van der Waals surface area (Å²) in [5.74, 6) is 1.51. The van der Waals surface area contributed by atoms with Crippen molar-refractivity contribution in [2.45, 2.75) is 38.8 Å². The zero-order valence-corrected chi connectivity index (χ0v) is 19.6. The third kappa shape index (κ3) is 7.06. The lowest BCUT2D eigenvalue weighted by Crippen LogP contribution is -2.44. The van der Waals surface area contributed by atoms with E-state index in [2.05, 4.69) is 62.8 Å². The number of rotatable bonds is 8. The second kappa shape index (κ2) is 12.5. The molecule has 1 aliphatic rings. The molecule has 0 bridgehead atoms. The van der Waals surface area contributed by atoms with E-state index in [9.17, 15) is 0 Å². The monoisotopic (exact) mass is 509 g/mol. The smallest absolute Gasteiger partial charge is 0.218 e. The van der Waals surface area contributed by atoms with Crippen LogP contribution in [0.2, 0.25) is 0 Å². The van der Waals surface area contributed by atoms with Crippen molar-refractivity contribution in [1.29, 1.82) is 0 Å². The molecule has 2 heterocycles. The van der Waals surface area contributed by atoms with Crippen LogP contribution in [0.5, 0.6) is 5.88 Å². The minimum absolute atomic E-state index is 0. The van der Waals surface area contributed by atoms with Crippen molar-refractivity contribution in [2.75, 3.05) is 31.6 Å². The van der Waals surface area contributed by atoms with Gasteiger partial charge in [-0.15, -0.1) is 24.0 Å². The average molecular weight is 509 g/mol. The molecule has 1 fully saturated rings. The molecule has 0 amide bonds. The van der Waals surface area contributed by atoms with Gasteiger partial charge in [-0.05, 0) is 31.0 Å². The van der Waals surface area contributed by atoms with E-state index in [1.165, 1.54) is 5.69 Å². The highest BCUT2D eigenvalue weighted by molar-refractivity contribution is 14.0. The maximum absolute atomic E-state index is 5.82. The van der Waals surface area contributed by atoms with Crippen molar-refractivity contribution in [3.63, 3.8) is 0 Å². The number of anilines is 1. The van der Waals surface area contributed by atoms with E-state index in [-0.39, 0.29) is 24.0 Å². The van der Waals surface area contributed by atoms with Gasteiger partial charge in [-0.2, -0.15) is 0 Å². The van der Waals surface area contributed by atoms with Gasteiger partial charge in [0.25, 0.3) is 0 Å². The lowest BCUT2D eigenvalue weighted by Gasteiger charge is -2.20. The van der Waals surface area contributed by atoms with Crippen LogP contribution in [-0.4, -0.2) is 43.7 Å². The molecule has 1 aromatic carbocycles. The van der Waals surface area contributed by atoms with Crippen molar-refractivity contribution in [1.82, 2.24) is 15.6 Å². The zero-order chi connectivity index (χ0) is 19.6. The Morgan fingerprint density at radius 1 is 1.24 bits per heavy atom. The van der Waals surface area contributed by atoms with Gasteiger partial charge in [-0.1, -0.05) is 37.6 Å². The van der Waals surface area contributed by atoms with Crippen molar-refractivity contribution in [3.8, 4) is 5.88 Å². The molecule has 1 aliphatic heterocycles. The Morgan fingerprint density at radius 3 is 2.83 bits per heavy atom. The Morgan fingerprint density at radius 2 is 2.07 bits per heavy atom. The van der Waals surface area contributed by atoms with Crippen LogP contribution in [0.4, 0.5) is 5.69 Å². The summed E-state index contributed by atoms with van der Waals surface area (Å²) in [4.78, 5) is 11.2. The summed E-state index contributed by atoms with van der Waals surface area (Å²) < 4.78 is 5.82. The second-order valence-electron chi connectivity index (χ2n) is 7.01. The maximum atomic E-state index is 5.82. The van der Waals surface area contributed by atoms with Gasteiger partial charge in [-0.3, -0.25) is 4.99 Å². The number of hydrogen-bond acceptors (Lipinski definition) is 4. The van der Waals surface area contributed by atoms with Crippen LogP contribution in [0.1, 0.15) is 31.7 Å². The summed E-state index contributed by atoms with van der Waals surface area (Å²) in [6.45, 7) is 5.51. The van der Waals surface area contributed by atoms with Crippen LogP contribution in [0, 0.1) is 0 Å². The van der Waals surface area contributed by atoms with Gasteiger partial charge >= 0.3 is 0 Å². The van der Waals surface area contributed by atoms with Gasteiger partial charge in [0.2, 0.25) is 5.88 Å². The summed E-state index contributed by atoms with van der Waals surface area (Å²) in [5, 5.41) is 6.94. The largest absolute Gasteiger partial charge is 0.477 e. The molecule has 0 aliphatic carbocycles. The number of guanidine groups is 1. The van der Waals surface area contributed by atoms with E-state index in [0.29, 0.717) is 25.1 Å². The number of halogens is 1. The Kier molecular flexibility index (Phi) is 10.0. The number of ether oxygens (including phenoxy) is 1. The van der Waals surface area contributed by atoms with E-state index < -0.39 is 0 Å². The van der Waals surface area contributed by atoms with Crippen LogP contribution in [0.15, 0.2) is 53.7 Å². The number of aliphatic imine (C=N–C) groups is 1. The summed E-state index contributed by atoms with van der Waals surface area (Å²) in [5.41, 5.74) is 2.32. The average Bonchev–Trinajstić information content (AvgIpc) is 3.21. The molecule has 2 N–H and O–H groups in total. The number of hydrogen-bond donors (Lipinski definition) is 2. The molecule has 158 valence electrons. The maximum Gasteiger partial charge on any atom is 0.218 e. The van der Waals surface area contributed by atoms with Gasteiger partial charge in [0.15, 0.2) is 5.96 Å². The summed E-state index contributed by atoms with van der Waals surface area (Å²) in [7, 11) is 1.81. The standard InChI is InChI=1S/C22H31N5O.HI/c1-3-4-15-28-21-18(9-8-13-24-21)16-25-22(23-2)26-19-12-14-27(17-19)20-10-6-5-7-11-20;/h5-11,13,19H,3-4,12,14-17H2,1-2H3,(H2,23,25,26);1H. The quantitative estimate of drug-likeness (QED) is 0.245. The molecule has 0 radical (unpaired) electrons. The van der Waals surface area contributed by atoms with Crippen molar-refractivity contribution in [3.05, 3.63) is 54.2 Å². The molecular formula is C22H32IN5O. The van der Waals surface area contributed by atoms with Crippen LogP contribution in [0.3, 0.4) is 0 Å². The summed E-state index contributed by atoms with van der Waals surface area (Å²) in [6, 6.07) is 14.9. The molecule has 29 heavy (non-hydrogen) atoms. The predicted octanol–water partition coefficient (Wildman–Crippen LogP) is 3.82. The molecule has 2 aromatic rings. The van der Waals surface area contributed by atoms with Gasteiger partial charge in [0.1, 0.15) is 0 Å². The first-order valence-corrected chi connectivity index (χ1v) is 10.1. The lowest BCUT2D eigenvalue weighted by molar-refractivity contribution is 0.294. The van der Waals surface area contributed by atoms with Crippen LogP contribution < -0.4 is 20.3 Å². The fourth-order valence-electron chi connectivity index (χ4n) is 3.32. The van der Waals surface area contributed by atoms with E-state index in [4.69, 9.17) is 4.74 Å². The Bertz CT molecular complexity index is 756. The van der Waals surface area contributed by atoms with Gasteiger partial charge in [0.05, 0.1) is 6.61 Å². The van der Waals surface area contributed by atoms with Gasteiger partial charge in [0, 0.05) is 50.2 Å². The summed E-state index contributed by atoms with van der Waals surface area (Å²) >= 11 is 0. The number of pyridine rings is 1. The first kappa shape index (κ1) is 23.3. The molecule has 1 atom stereocenters. The third-order valence-corrected chi connectivity index (χ3v) is 4.91.